The summed E-state index contributed by atoms with van der Waals surface area (Å²) in [7, 11) is 0. The fourth-order valence-electron chi connectivity index (χ4n) is 2.44. The molecule has 2 heterocycles. The van der Waals surface area contributed by atoms with Crippen LogP contribution in [-0.4, -0.2) is 15.8 Å². The van der Waals surface area contributed by atoms with E-state index in [-0.39, 0.29) is 0 Å². The largest absolute Gasteiger partial charge is 0.464 e. The van der Waals surface area contributed by atoms with Gasteiger partial charge in [0.1, 0.15) is 11.5 Å². The second-order valence-corrected chi connectivity index (χ2v) is 5.63. The van der Waals surface area contributed by atoms with Crippen molar-refractivity contribution >= 4 is 0 Å². The zero-order valence-corrected chi connectivity index (χ0v) is 11.5. The van der Waals surface area contributed by atoms with E-state index in [0.29, 0.717) is 12.0 Å². The lowest BCUT2D eigenvalue weighted by molar-refractivity contribution is 0.401. The van der Waals surface area contributed by atoms with Gasteiger partial charge in [0.2, 0.25) is 0 Å². The van der Waals surface area contributed by atoms with Crippen molar-refractivity contribution in [3.63, 3.8) is 0 Å². The highest BCUT2D eigenvalue weighted by atomic mass is 16.3. The Morgan fingerprint density at radius 3 is 3.05 bits per heavy atom. The quantitative estimate of drug-likeness (QED) is 0.867. The van der Waals surface area contributed by atoms with Gasteiger partial charge in [-0.15, -0.1) is 0 Å². The van der Waals surface area contributed by atoms with Gasteiger partial charge < -0.3 is 9.73 Å². The molecule has 2 aromatic heterocycles. The van der Waals surface area contributed by atoms with E-state index >= 15 is 0 Å². The standard InChI is InChI=1S/C15H21N3O/c1-11-8-14(11)15-5-4-13(19-15)9-16-12(2)10-18-7-3-6-17-18/h3-7,11-12,14,16H,8-10H2,1-2H3. The third-order valence-corrected chi connectivity index (χ3v) is 3.80. The molecule has 2 aromatic rings. The van der Waals surface area contributed by atoms with Gasteiger partial charge in [-0.1, -0.05) is 6.92 Å². The van der Waals surface area contributed by atoms with E-state index in [9.17, 15) is 0 Å². The van der Waals surface area contributed by atoms with Crippen LogP contribution >= 0.6 is 0 Å². The fraction of sp³-hybridized carbons (Fsp3) is 0.533. The van der Waals surface area contributed by atoms with Gasteiger partial charge in [-0.25, -0.2) is 0 Å². The molecule has 0 aliphatic heterocycles. The normalized spacial score (nSPS) is 23.5. The summed E-state index contributed by atoms with van der Waals surface area (Å²) < 4.78 is 7.82. The third kappa shape index (κ3) is 3.07. The third-order valence-electron chi connectivity index (χ3n) is 3.80. The summed E-state index contributed by atoms with van der Waals surface area (Å²) in [5.74, 6) is 3.64. The molecule has 1 aliphatic carbocycles. The maximum atomic E-state index is 5.88. The zero-order valence-electron chi connectivity index (χ0n) is 11.5. The van der Waals surface area contributed by atoms with Crippen LogP contribution in [0, 0.1) is 5.92 Å². The predicted octanol–water partition coefficient (Wildman–Crippen LogP) is 2.78. The molecule has 19 heavy (non-hydrogen) atoms. The summed E-state index contributed by atoms with van der Waals surface area (Å²) in [6.07, 6.45) is 5.07. The highest BCUT2D eigenvalue weighted by Crippen LogP contribution is 2.47. The van der Waals surface area contributed by atoms with Gasteiger partial charge in [0.15, 0.2) is 0 Å². The predicted molar refractivity (Wildman–Crippen MR) is 73.8 cm³/mol. The fourth-order valence-corrected chi connectivity index (χ4v) is 2.44. The van der Waals surface area contributed by atoms with Crippen LogP contribution < -0.4 is 5.32 Å². The Hall–Kier alpha value is -1.55. The lowest BCUT2D eigenvalue weighted by Gasteiger charge is -2.12. The second-order valence-electron chi connectivity index (χ2n) is 5.63. The molecule has 0 amide bonds. The van der Waals surface area contributed by atoms with Crippen LogP contribution in [0.3, 0.4) is 0 Å². The van der Waals surface area contributed by atoms with Crippen molar-refractivity contribution in [1.29, 1.82) is 0 Å². The summed E-state index contributed by atoms with van der Waals surface area (Å²) in [5.41, 5.74) is 0. The first kappa shape index (κ1) is 12.5. The van der Waals surface area contributed by atoms with E-state index in [4.69, 9.17) is 4.42 Å². The summed E-state index contributed by atoms with van der Waals surface area (Å²) in [5, 5.41) is 7.67. The number of nitrogens with zero attached hydrogens (tertiary/aromatic N) is 2. The Morgan fingerprint density at radius 2 is 2.37 bits per heavy atom. The Morgan fingerprint density at radius 1 is 1.53 bits per heavy atom. The molecule has 1 aliphatic rings. The first-order chi connectivity index (χ1) is 9.22. The van der Waals surface area contributed by atoms with Crippen LogP contribution in [0.2, 0.25) is 0 Å². The number of rotatable bonds is 6. The maximum Gasteiger partial charge on any atom is 0.117 e. The molecule has 0 aromatic carbocycles. The molecule has 102 valence electrons. The van der Waals surface area contributed by atoms with E-state index in [1.807, 2.05) is 23.1 Å². The highest BCUT2D eigenvalue weighted by Gasteiger charge is 2.36. The van der Waals surface area contributed by atoms with Crippen LogP contribution in [0.1, 0.15) is 37.7 Å². The van der Waals surface area contributed by atoms with Crippen LogP contribution in [0.4, 0.5) is 0 Å². The average Bonchev–Trinajstić information content (AvgIpc) is 2.87. The lowest BCUT2D eigenvalue weighted by atomic mass is 10.3. The Bertz CT molecular complexity index is 517. The molecule has 1 saturated carbocycles. The molecule has 3 atom stereocenters. The summed E-state index contributed by atoms with van der Waals surface area (Å²) in [6, 6.07) is 6.54. The van der Waals surface area contributed by atoms with E-state index in [0.717, 1.165) is 30.5 Å². The summed E-state index contributed by atoms with van der Waals surface area (Å²) in [6.45, 7) is 6.09. The Labute approximate surface area is 113 Å². The number of aromatic nitrogens is 2. The van der Waals surface area contributed by atoms with Crippen molar-refractivity contribution in [2.45, 2.75) is 45.3 Å². The van der Waals surface area contributed by atoms with Gasteiger partial charge in [0.25, 0.3) is 0 Å². The molecule has 1 fully saturated rings. The summed E-state index contributed by atoms with van der Waals surface area (Å²) >= 11 is 0. The molecule has 3 unspecified atom stereocenters. The van der Waals surface area contributed by atoms with Gasteiger partial charge in [0.05, 0.1) is 13.1 Å². The first-order valence-corrected chi connectivity index (χ1v) is 7.02. The number of nitrogens with one attached hydrogen (secondary N) is 1. The molecule has 0 spiro atoms. The number of furan rings is 1. The van der Waals surface area contributed by atoms with Crippen LogP contribution in [0.25, 0.3) is 0 Å². The van der Waals surface area contributed by atoms with Crippen LogP contribution in [-0.2, 0) is 13.1 Å². The van der Waals surface area contributed by atoms with Gasteiger partial charge >= 0.3 is 0 Å². The molecule has 3 rings (SSSR count). The van der Waals surface area contributed by atoms with E-state index in [2.05, 4.69) is 36.4 Å². The molecule has 1 N–H and O–H groups in total. The number of hydrogen-bond donors (Lipinski definition) is 1. The second kappa shape index (κ2) is 5.21. The van der Waals surface area contributed by atoms with E-state index in [1.54, 1.807) is 0 Å². The minimum absolute atomic E-state index is 0.369. The molecular formula is C15H21N3O. The van der Waals surface area contributed by atoms with Crippen molar-refractivity contribution in [3.05, 3.63) is 42.1 Å². The summed E-state index contributed by atoms with van der Waals surface area (Å²) in [4.78, 5) is 0. The zero-order chi connectivity index (χ0) is 13.2. The van der Waals surface area contributed by atoms with Crippen molar-refractivity contribution in [2.75, 3.05) is 0 Å². The average molecular weight is 259 g/mol. The van der Waals surface area contributed by atoms with Crippen molar-refractivity contribution in [2.24, 2.45) is 5.92 Å². The Balaban J connectivity index is 1.47. The smallest absolute Gasteiger partial charge is 0.117 e. The molecular weight excluding hydrogens is 238 g/mol. The number of hydrogen-bond acceptors (Lipinski definition) is 3. The SMILES string of the molecule is CC(Cn1cccn1)NCc1ccc(C2CC2C)o1. The van der Waals surface area contributed by atoms with Crippen LogP contribution in [0.15, 0.2) is 35.0 Å². The highest BCUT2D eigenvalue weighted by molar-refractivity contribution is 5.17. The molecule has 0 radical (unpaired) electrons. The van der Waals surface area contributed by atoms with Crippen molar-refractivity contribution in [1.82, 2.24) is 15.1 Å². The minimum atomic E-state index is 0.369. The van der Waals surface area contributed by atoms with Gasteiger partial charge in [0, 0.05) is 24.4 Å². The molecule has 0 bridgehead atoms. The van der Waals surface area contributed by atoms with Gasteiger partial charge in [-0.2, -0.15) is 5.10 Å². The van der Waals surface area contributed by atoms with Crippen molar-refractivity contribution in [3.8, 4) is 0 Å². The molecule has 0 saturated heterocycles. The Kier molecular flexibility index (Phi) is 3.42. The van der Waals surface area contributed by atoms with Gasteiger partial charge in [-0.05, 0) is 37.5 Å². The monoisotopic (exact) mass is 259 g/mol. The lowest BCUT2D eigenvalue weighted by Crippen LogP contribution is -2.29. The minimum Gasteiger partial charge on any atom is -0.464 e. The first-order valence-electron chi connectivity index (χ1n) is 7.02. The van der Waals surface area contributed by atoms with E-state index < -0.39 is 0 Å². The van der Waals surface area contributed by atoms with Crippen molar-refractivity contribution < 1.29 is 4.42 Å². The van der Waals surface area contributed by atoms with Crippen LogP contribution in [0.5, 0.6) is 0 Å². The molecule has 4 heteroatoms. The van der Waals surface area contributed by atoms with Gasteiger partial charge in [-0.3, -0.25) is 4.68 Å². The maximum absolute atomic E-state index is 5.88. The topological polar surface area (TPSA) is 43.0 Å². The van der Waals surface area contributed by atoms with E-state index in [1.165, 1.54) is 6.42 Å². The molecule has 4 nitrogen and oxygen atoms in total.